The summed E-state index contributed by atoms with van der Waals surface area (Å²) in [7, 11) is -4.65. The third-order valence-electron chi connectivity index (χ3n) is 2.65. The van der Waals surface area contributed by atoms with Crippen molar-refractivity contribution in [1.82, 2.24) is 4.90 Å². The first-order valence-corrected chi connectivity index (χ1v) is 7.52. The van der Waals surface area contributed by atoms with Crippen LogP contribution in [0.4, 0.5) is 8.78 Å². The first kappa shape index (κ1) is 17.0. The molecular weight excluding hydrogens is 300 g/mol. The number of carbonyl (C=O) groups excluding carboxylic acids is 1. The molecule has 0 radical (unpaired) electrons. The molecule has 0 unspecified atom stereocenters. The maximum Gasteiger partial charge on any atom is 0.341 e. The van der Waals surface area contributed by atoms with Crippen LogP contribution in [0.3, 0.4) is 0 Å². The van der Waals surface area contributed by atoms with E-state index in [1.54, 1.807) is 0 Å². The van der Waals surface area contributed by atoms with Gasteiger partial charge in [-0.2, -0.15) is 8.78 Å². The van der Waals surface area contributed by atoms with Crippen LogP contribution in [0.1, 0.15) is 10.4 Å². The molecule has 0 aliphatic heterocycles. The van der Waals surface area contributed by atoms with Gasteiger partial charge >= 0.3 is 5.76 Å². The normalized spacial score (nSPS) is 11.2. The van der Waals surface area contributed by atoms with Crippen LogP contribution in [-0.2, 0) is 9.84 Å². The molecule has 0 bridgehead atoms. The molecule has 7 heteroatoms. The van der Waals surface area contributed by atoms with E-state index in [2.05, 4.69) is 13.2 Å². The van der Waals surface area contributed by atoms with Gasteiger partial charge in [-0.3, -0.25) is 4.79 Å². The number of benzene rings is 1. The molecule has 0 aliphatic carbocycles. The second-order valence-corrected chi connectivity index (χ2v) is 6.04. The average Bonchev–Trinajstić information content (AvgIpc) is 2.46. The first-order chi connectivity index (χ1) is 9.84. The van der Waals surface area contributed by atoms with Gasteiger partial charge in [0, 0.05) is 18.7 Å². The third kappa shape index (κ3) is 3.98. The lowest BCUT2D eigenvalue weighted by Gasteiger charge is -2.19. The molecule has 0 spiro atoms. The summed E-state index contributed by atoms with van der Waals surface area (Å²) in [6.07, 6.45) is 3.08. The maximum atomic E-state index is 12.4. The SMILES string of the molecule is C=CCN(CC=C)C(=O)c1ccc(S(=O)(=O)C(F)F)cc1. The van der Waals surface area contributed by atoms with E-state index in [-0.39, 0.29) is 11.5 Å². The molecule has 0 heterocycles. The molecule has 0 atom stereocenters. The molecular formula is C14H15F2NO3S. The molecule has 0 fully saturated rings. The summed E-state index contributed by atoms with van der Waals surface area (Å²) in [4.78, 5) is 13.1. The topological polar surface area (TPSA) is 54.5 Å². The molecule has 0 saturated carbocycles. The first-order valence-electron chi connectivity index (χ1n) is 5.97. The second kappa shape index (κ2) is 7.12. The van der Waals surface area contributed by atoms with Gasteiger partial charge in [0.25, 0.3) is 5.91 Å². The molecule has 114 valence electrons. The van der Waals surface area contributed by atoms with E-state index in [1.165, 1.54) is 29.2 Å². The minimum atomic E-state index is -4.65. The Morgan fingerprint density at radius 2 is 1.62 bits per heavy atom. The largest absolute Gasteiger partial charge is 0.341 e. The minimum absolute atomic E-state index is 0.201. The molecule has 21 heavy (non-hydrogen) atoms. The number of nitrogens with zero attached hydrogens (tertiary/aromatic N) is 1. The molecule has 1 aromatic rings. The lowest BCUT2D eigenvalue weighted by Crippen LogP contribution is -2.31. The van der Waals surface area contributed by atoms with Gasteiger partial charge in [-0.25, -0.2) is 8.42 Å². The number of carbonyl (C=O) groups is 1. The summed E-state index contributed by atoms with van der Waals surface area (Å²) in [5.74, 6) is -3.85. The van der Waals surface area contributed by atoms with E-state index in [9.17, 15) is 22.0 Å². The van der Waals surface area contributed by atoms with Crippen LogP contribution in [0, 0.1) is 0 Å². The fraction of sp³-hybridized carbons (Fsp3) is 0.214. The summed E-state index contributed by atoms with van der Waals surface area (Å²) < 4.78 is 47.4. The van der Waals surface area contributed by atoms with Crippen LogP contribution >= 0.6 is 0 Å². The molecule has 1 rings (SSSR count). The summed E-state index contributed by atoms with van der Waals surface area (Å²) in [5.41, 5.74) is 0.201. The van der Waals surface area contributed by atoms with E-state index >= 15 is 0 Å². The monoisotopic (exact) mass is 315 g/mol. The quantitative estimate of drug-likeness (QED) is 0.727. The fourth-order valence-electron chi connectivity index (χ4n) is 1.62. The second-order valence-electron chi connectivity index (χ2n) is 4.12. The Hall–Kier alpha value is -2.02. The van der Waals surface area contributed by atoms with Crippen molar-refractivity contribution >= 4 is 15.7 Å². The summed E-state index contributed by atoms with van der Waals surface area (Å²) in [6.45, 7) is 7.65. The number of sulfone groups is 1. The van der Waals surface area contributed by atoms with Crippen LogP contribution in [0.5, 0.6) is 0 Å². The van der Waals surface area contributed by atoms with Crippen molar-refractivity contribution in [3.8, 4) is 0 Å². The van der Waals surface area contributed by atoms with Crippen molar-refractivity contribution in [2.75, 3.05) is 13.1 Å². The van der Waals surface area contributed by atoms with Crippen LogP contribution < -0.4 is 0 Å². The number of halogens is 2. The zero-order valence-electron chi connectivity index (χ0n) is 11.2. The molecule has 0 aliphatic rings. The molecule has 1 aromatic carbocycles. The Kier molecular flexibility index (Phi) is 5.78. The highest BCUT2D eigenvalue weighted by molar-refractivity contribution is 7.91. The smallest absolute Gasteiger partial charge is 0.331 e. The van der Waals surface area contributed by atoms with Gasteiger partial charge < -0.3 is 4.90 Å². The zero-order chi connectivity index (χ0) is 16.0. The van der Waals surface area contributed by atoms with Gasteiger partial charge in [0.15, 0.2) is 0 Å². The van der Waals surface area contributed by atoms with Gasteiger partial charge in [0.1, 0.15) is 0 Å². The summed E-state index contributed by atoms with van der Waals surface area (Å²) in [5, 5.41) is 0. The van der Waals surface area contributed by atoms with E-state index < -0.39 is 20.5 Å². The Balaban J connectivity index is 3.04. The molecule has 1 amide bonds. The summed E-state index contributed by atoms with van der Waals surface area (Å²) >= 11 is 0. The number of alkyl halides is 2. The maximum absolute atomic E-state index is 12.4. The highest BCUT2D eigenvalue weighted by atomic mass is 32.2. The van der Waals surface area contributed by atoms with Gasteiger partial charge in [-0.1, -0.05) is 12.2 Å². The van der Waals surface area contributed by atoms with Gasteiger partial charge in [-0.15, -0.1) is 13.2 Å². The summed E-state index contributed by atoms with van der Waals surface area (Å²) in [6, 6.07) is 4.40. The van der Waals surface area contributed by atoms with E-state index in [0.717, 1.165) is 12.1 Å². The van der Waals surface area contributed by atoms with Crippen LogP contribution in [-0.4, -0.2) is 38.1 Å². The van der Waals surface area contributed by atoms with E-state index in [1.807, 2.05) is 0 Å². The standard InChI is InChI=1S/C14H15F2NO3S/c1-3-9-17(10-4-2)13(18)11-5-7-12(8-6-11)21(19,20)14(15)16/h3-8,14H,1-2,9-10H2. The minimum Gasteiger partial charge on any atom is -0.331 e. The number of rotatable bonds is 7. The van der Waals surface area contributed by atoms with E-state index in [0.29, 0.717) is 13.1 Å². The Morgan fingerprint density at radius 3 is 2.00 bits per heavy atom. The number of amides is 1. The predicted octanol–water partition coefficient (Wildman–Crippen LogP) is 2.50. The molecule has 0 aromatic heterocycles. The zero-order valence-corrected chi connectivity index (χ0v) is 12.0. The lowest BCUT2D eigenvalue weighted by molar-refractivity contribution is 0.0790. The van der Waals surface area contributed by atoms with Crippen molar-refractivity contribution in [3.05, 3.63) is 55.1 Å². The highest BCUT2D eigenvalue weighted by Crippen LogP contribution is 2.19. The third-order valence-corrected chi connectivity index (χ3v) is 4.05. The molecule has 0 saturated heterocycles. The van der Waals surface area contributed by atoms with Crippen molar-refractivity contribution in [2.45, 2.75) is 10.7 Å². The fourth-order valence-corrected chi connectivity index (χ4v) is 2.35. The van der Waals surface area contributed by atoms with Crippen molar-refractivity contribution in [1.29, 1.82) is 0 Å². The van der Waals surface area contributed by atoms with Crippen molar-refractivity contribution in [2.24, 2.45) is 0 Å². The van der Waals surface area contributed by atoms with Crippen LogP contribution in [0.2, 0.25) is 0 Å². The number of hydrogen-bond donors (Lipinski definition) is 0. The Morgan fingerprint density at radius 1 is 1.14 bits per heavy atom. The molecule has 4 nitrogen and oxygen atoms in total. The Labute approximate surface area is 122 Å². The van der Waals surface area contributed by atoms with Crippen molar-refractivity contribution < 1.29 is 22.0 Å². The van der Waals surface area contributed by atoms with Crippen LogP contribution in [0.25, 0.3) is 0 Å². The average molecular weight is 315 g/mol. The number of hydrogen-bond acceptors (Lipinski definition) is 3. The predicted molar refractivity (Wildman–Crippen MR) is 75.9 cm³/mol. The van der Waals surface area contributed by atoms with Gasteiger partial charge in [0.2, 0.25) is 9.84 Å². The lowest BCUT2D eigenvalue weighted by atomic mass is 10.2. The van der Waals surface area contributed by atoms with Gasteiger partial charge in [-0.05, 0) is 24.3 Å². The van der Waals surface area contributed by atoms with E-state index in [4.69, 9.17) is 0 Å². The van der Waals surface area contributed by atoms with Gasteiger partial charge in [0.05, 0.1) is 4.90 Å². The molecule has 0 N–H and O–H groups in total. The Bertz CT molecular complexity index is 614. The van der Waals surface area contributed by atoms with Crippen LogP contribution in [0.15, 0.2) is 54.5 Å². The highest BCUT2D eigenvalue weighted by Gasteiger charge is 2.26. The van der Waals surface area contributed by atoms with Crippen molar-refractivity contribution in [3.63, 3.8) is 0 Å².